The third kappa shape index (κ3) is 6.60. The maximum atomic E-state index is 13.2. The third-order valence-corrected chi connectivity index (χ3v) is 7.67. The highest BCUT2D eigenvalue weighted by Crippen LogP contribution is 2.57. The second-order valence-electron chi connectivity index (χ2n) is 8.19. The molecule has 17 heteroatoms. The number of hydrogen-bond donors (Lipinski definition) is 5. The van der Waals surface area contributed by atoms with Crippen LogP contribution in [0.25, 0.3) is 11.3 Å². The minimum atomic E-state index is -5.38. The molecular weight excluding hydrogens is 548 g/mol. The summed E-state index contributed by atoms with van der Waals surface area (Å²) in [6.07, 6.45) is -5.49. The van der Waals surface area contributed by atoms with Gasteiger partial charge in [-0.2, -0.15) is 4.31 Å². The van der Waals surface area contributed by atoms with Crippen LogP contribution >= 0.6 is 15.6 Å². The van der Waals surface area contributed by atoms with Gasteiger partial charge < -0.3 is 29.6 Å². The SMILES string of the molecule is O=c1ccn([C@@H]2O[C@H](COP(=O)(O)OP(=O)(O)O)C(O)C2O)c(=O)n1Cc1cccc(-c2ccccc2)n1. The molecule has 38 heavy (non-hydrogen) atoms. The molecule has 5 N–H and O–H groups in total. The minimum Gasteiger partial charge on any atom is -0.387 e. The topological polar surface area (TPSA) is 220 Å². The van der Waals surface area contributed by atoms with Gasteiger partial charge in [0.15, 0.2) is 6.23 Å². The third-order valence-electron chi connectivity index (χ3n) is 5.51. The van der Waals surface area contributed by atoms with E-state index in [4.69, 9.17) is 14.5 Å². The summed E-state index contributed by atoms with van der Waals surface area (Å²) in [5.41, 5.74) is 0.278. The Morgan fingerprint density at radius 2 is 1.66 bits per heavy atom. The number of ether oxygens (including phenoxy) is 1. The van der Waals surface area contributed by atoms with Gasteiger partial charge in [0.25, 0.3) is 5.56 Å². The fourth-order valence-electron chi connectivity index (χ4n) is 3.79. The zero-order valence-corrected chi connectivity index (χ0v) is 21.1. The van der Waals surface area contributed by atoms with Crippen molar-refractivity contribution in [2.75, 3.05) is 6.61 Å². The summed E-state index contributed by atoms with van der Waals surface area (Å²) in [7, 11) is -10.6. The van der Waals surface area contributed by atoms with Crippen molar-refractivity contribution in [3.05, 3.63) is 87.3 Å². The van der Waals surface area contributed by atoms with Crippen molar-refractivity contribution in [2.24, 2.45) is 0 Å². The van der Waals surface area contributed by atoms with E-state index >= 15 is 0 Å². The monoisotopic (exact) mass is 571 g/mol. The molecule has 2 aromatic heterocycles. The first-order valence-corrected chi connectivity index (χ1v) is 14.0. The molecule has 1 aromatic carbocycles. The highest BCUT2D eigenvalue weighted by Gasteiger charge is 2.46. The molecule has 3 heterocycles. The lowest BCUT2D eigenvalue weighted by Gasteiger charge is -2.19. The molecule has 0 aliphatic carbocycles. The van der Waals surface area contributed by atoms with Crippen molar-refractivity contribution >= 4 is 15.6 Å². The van der Waals surface area contributed by atoms with Crippen molar-refractivity contribution in [3.8, 4) is 11.3 Å². The van der Waals surface area contributed by atoms with Gasteiger partial charge in [-0.3, -0.25) is 23.4 Å². The molecule has 3 aromatic rings. The molecule has 3 unspecified atom stereocenters. The predicted octanol–water partition coefficient (Wildman–Crippen LogP) is -0.0342. The Morgan fingerprint density at radius 3 is 2.34 bits per heavy atom. The van der Waals surface area contributed by atoms with Gasteiger partial charge in [0, 0.05) is 17.8 Å². The largest absolute Gasteiger partial charge is 0.481 e. The van der Waals surface area contributed by atoms with Crippen LogP contribution in [0.1, 0.15) is 11.9 Å². The molecule has 5 atom stereocenters. The van der Waals surface area contributed by atoms with Gasteiger partial charge >= 0.3 is 21.3 Å². The summed E-state index contributed by atoms with van der Waals surface area (Å²) < 4.78 is 37.7. The summed E-state index contributed by atoms with van der Waals surface area (Å²) in [6.45, 7) is -1.16. The van der Waals surface area contributed by atoms with Gasteiger partial charge in [0.05, 0.1) is 24.5 Å². The first-order chi connectivity index (χ1) is 17.8. The Balaban J connectivity index is 1.55. The average Bonchev–Trinajstić information content (AvgIpc) is 3.13. The van der Waals surface area contributed by atoms with Crippen LogP contribution in [0.2, 0.25) is 0 Å². The standard InChI is InChI=1S/C21H23N3O12P2/c25-17-9-10-23(20-19(27)18(26)16(35-20)12-34-38(32,33)36-37(29,30)31)21(28)24(17)11-14-7-4-8-15(22-14)13-5-2-1-3-6-13/h1-10,16,18-20,26-27H,11-12H2,(H,32,33)(H2,29,30,31)/t16-,18?,19?,20-/m1/s1. The molecule has 1 aliphatic rings. The van der Waals surface area contributed by atoms with Gasteiger partial charge in [0.2, 0.25) is 0 Å². The number of rotatable bonds is 9. The zero-order valence-electron chi connectivity index (χ0n) is 19.3. The number of nitrogens with zero attached hydrogens (tertiary/aromatic N) is 3. The average molecular weight is 571 g/mol. The van der Waals surface area contributed by atoms with Crippen molar-refractivity contribution in [3.63, 3.8) is 0 Å². The van der Waals surface area contributed by atoms with Crippen LogP contribution in [0.15, 0.2) is 70.4 Å². The highest BCUT2D eigenvalue weighted by molar-refractivity contribution is 7.60. The van der Waals surface area contributed by atoms with Crippen LogP contribution < -0.4 is 11.2 Å². The molecule has 4 rings (SSSR count). The van der Waals surface area contributed by atoms with E-state index in [-0.39, 0.29) is 6.54 Å². The van der Waals surface area contributed by atoms with Crippen LogP contribution in [-0.2, 0) is 29.2 Å². The van der Waals surface area contributed by atoms with E-state index in [0.717, 1.165) is 27.0 Å². The van der Waals surface area contributed by atoms with E-state index in [1.54, 1.807) is 18.2 Å². The van der Waals surface area contributed by atoms with Crippen LogP contribution in [-0.4, -0.2) is 63.9 Å². The number of hydrogen-bond acceptors (Lipinski definition) is 10. The summed E-state index contributed by atoms with van der Waals surface area (Å²) >= 11 is 0. The Kier molecular flexibility index (Phi) is 8.26. The Morgan fingerprint density at radius 1 is 0.947 bits per heavy atom. The van der Waals surface area contributed by atoms with Crippen LogP contribution in [0.3, 0.4) is 0 Å². The minimum absolute atomic E-state index is 0.218. The lowest BCUT2D eigenvalue weighted by Crippen LogP contribution is -2.43. The van der Waals surface area contributed by atoms with E-state index in [0.29, 0.717) is 11.4 Å². The maximum absolute atomic E-state index is 13.2. The normalized spacial score (nSPS) is 23.3. The van der Waals surface area contributed by atoms with E-state index in [2.05, 4.69) is 13.8 Å². The van der Waals surface area contributed by atoms with Crippen LogP contribution in [0.5, 0.6) is 0 Å². The molecule has 0 amide bonds. The Hall–Kier alpha value is -2.81. The Labute approximate surface area is 214 Å². The lowest BCUT2D eigenvalue weighted by molar-refractivity contribution is -0.0547. The summed E-state index contributed by atoms with van der Waals surface area (Å²) in [6, 6.07) is 15.4. The van der Waals surface area contributed by atoms with Crippen LogP contribution in [0.4, 0.5) is 0 Å². The van der Waals surface area contributed by atoms with E-state index < -0.39 is 58.0 Å². The van der Waals surface area contributed by atoms with E-state index in [1.165, 1.54) is 0 Å². The van der Waals surface area contributed by atoms with Crippen molar-refractivity contribution in [2.45, 2.75) is 31.1 Å². The van der Waals surface area contributed by atoms with Crippen molar-refractivity contribution < 1.29 is 47.6 Å². The molecule has 0 saturated carbocycles. The molecule has 0 spiro atoms. The molecule has 0 radical (unpaired) electrons. The zero-order chi connectivity index (χ0) is 27.7. The second-order valence-corrected chi connectivity index (χ2v) is 11.0. The molecular formula is C21H23N3O12P2. The molecule has 1 saturated heterocycles. The quantitative estimate of drug-likeness (QED) is 0.213. The Bertz CT molecular complexity index is 1510. The number of pyridine rings is 1. The fraction of sp³-hybridized carbons (Fsp3) is 0.286. The number of aliphatic hydroxyl groups excluding tert-OH is 2. The number of phosphoric ester groups is 1. The van der Waals surface area contributed by atoms with Gasteiger partial charge in [0.1, 0.15) is 18.3 Å². The molecule has 204 valence electrons. The lowest BCUT2D eigenvalue weighted by atomic mass is 10.1. The predicted molar refractivity (Wildman–Crippen MR) is 129 cm³/mol. The number of phosphoric acid groups is 2. The molecule has 1 aliphatic heterocycles. The smallest absolute Gasteiger partial charge is 0.387 e. The van der Waals surface area contributed by atoms with Crippen molar-refractivity contribution in [1.29, 1.82) is 0 Å². The number of benzene rings is 1. The van der Waals surface area contributed by atoms with Gasteiger partial charge in [-0.05, 0) is 12.1 Å². The second kappa shape index (κ2) is 11.1. The first kappa shape index (κ1) is 28.2. The molecule has 15 nitrogen and oxygen atoms in total. The van der Waals surface area contributed by atoms with Crippen molar-refractivity contribution in [1.82, 2.24) is 14.1 Å². The first-order valence-electron chi connectivity index (χ1n) is 10.9. The van der Waals surface area contributed by atoms with E-state index in [1.807, 2.05) is 30.3 Å². The van der Waals surface area contributed by atoms with Crippen LogP contribution in [0, 0.1) is 0 Å². The summed E-state index contributed by atoms with van der Waals surface area (Å²) in [4.78, 5) is 56.9. The van der Waals surface area contributed by atoms with Gasteiger partial charge in [-0.1, -0.05) is 36.4 Å². The summed E-state index contributed by atoms with van der Waals surface area (Å²) in [5.74, 6) is 0. The molecule has 0 bridgehead atoms. The highest BCUT2D eigenvalue weighted by atomic mass is 31.3. The maximum Gasteiger partial charge on any atom is 0.481 e. The summed E-state index contributed by atoms with van der Waals surface area (Å²) in [5, 5.41) is 20.7. The number of aromatic nitrogens is 3. The molecule has 1 fully saturated rings. The number of aliphatic hydroxyl groups is 2. The van der Waals surface area contributed by atoms with Gasteiger partial charge in [-0.25, -0.2) is 13.9 Å². The van der Waals surface area contributed by atoms with E-state index in [9.17, 15) is 33.8 Å². The van der Waals surface area contributed by atoms with Gasteiger partial charge in [-0.15, -0.1) is 0 Å². The fourth-order valence-corrected chi connectivity index (χ4v) is 5.39.